The monoisotopic (exact) mass is 490 g/mol. The van der Waals surface area contributed by atoms with E-state index in [4.69, 9.17) is 9.15 Å². The average molecular weight is 491 g/mol. The number of pyridine rings is 2. The number of rotatable bonds is 5. The fraction of sp³-hybridized carbons (Fsp3) is 0.115. The van der Waals surface area contributed by atoms with Gasteiger partial charge in [-0.3, -0.25) is 9.36 Å². The summed E-state index contributed by atoms with van der Waals surface area (Å²) in [7, 11) is 1.55. The van der Waals surface area contributed by atoms with E-state index in [1.54, 1.807) is 55.8 Å². The second-order valence-electron chi connectivity index (χ2n) is 7.95. The number of fused-ring (bicyclic) bond motifs is 3. The predicted molar refractivity (Wildman–Crippen MR) is 131 cm³/mol. The van der Waals surface area contributed by atoms with Crippen LogP contribution in [0, 0.1) is 12.7 Å². The molecular weight excluding hydrogens is 471 g/mol. The first-order chi connectivity index (χ1) is 16.9. The molecule has 5 aromatic rings. The highest BCUT2D eigenvalue weighted by molar-refractivity contribution is 7.99. The van der Waals surface area contributed by atoms with Gasteiger partial charge in [0.25, 0.3) is 5.56 Å². The minimum Gasteiger partial charge on any atom is -0.505 e. The van der Waals surface area contributed by atoms with E-state index < -0.39 is 22.8 Å². The van der Waals surface area contributed by atoms with E-state index >= 15 is 0 Å². The molecule has 0 saturated carbocycles. The second-order valence-corrected chi connectivity index (χ2v) is 9.03. The van der Waals surface area contributed by atoms with E-state index in [2.05, 4.69) is 4.98 Å². The third kappa shape index (κ3) is 4.15. The molecular formula is C26H19FN2O5S. The Morgan fingerprint density at radius 3 is 2.51 bits per heavy atom. The van der Waals surface area contributed by atoms with Crippen LogP contribution < -0.4 is 15.9 Å². The van der Waals surface area contributed by atoms with Crippen molar-refractivity contribution in [3.63, 3.8) is 0 Å². The summed E-state index contributed by atoms with van der Waals surface area (Å²) in [5.41, 5.74) is 0.361. The SMILES string of the molecule is COc1ccc(Sc2c(O)c3c(=O)n(Cc4ccc(F)cc4)c4ncc(C)cc4c3oc2=O)cc1. The first-order valence-electron chi connectivity index (χ1n) is 10.6. The molecule has 0 fully saturated rings. The molecule has 0 unspecified atom stereocenters. The first kappa shape index (κ1) is 22.7. The second kappa shape index (κ2) is 8.92. The van der Waals surface area contributed by atoms with Gasteiger partial charge in [-0.25, -0.2) is 14.2 Å². The lowest BCUT2D eigenvalue weighted by atomic mass is 10.1. The summed E-state index contributed by atoms with van der Waals surface area (Å²) in [6.07, 6.45) is 1.60. The number of aromatic hydroxyl groups is 1. The fourth-order valence-corrected chi connectivity index (χ4v) is 4.67. The Bertz CT molecular complexity index is 1690. The molecule has 0 aliphatic carbocycles. The molecule has 0 amide bonds. The van der Waals surface area contributed by atoms with E-state index in [0.29, 0.717) is 21.6 Å². The molecule has 0 bridgehead atoms. The maximum Gasteiger partial charge on any atom is 0.354 e. The minimum atomic E-state index is -0.769. The van der Waals surface area contributed by atoms with Gasteiger partial charge < -0.3 is 14.3 Å². The Balaban J connectivity index is 1.75. The van der Waals surface area contributed by atoms with Crippen LogP contribution in [-0.2, 0) is 6.54 Å². The van der Waals surface area contributed by atoms with Crippen LogP contribution in [0.5, 0.6) is 11.5 Å². The van der Waals surface area contributed by atoms with Crippen molar-refractivity contribution in [1.29, 1.82) is 0 Å². The van der Waals surface area contributed by atoms with E-state index in [9.17, 15) is 19.1 Å². The number of methoxy groups -OCH3 is 1. The molecule has 0 aliphatic rings. The van der Waals surface area contributed by atoms with Crippen LogP contribution in [-0.4, -0.2) is 21.8 Å². The highest BCUT2D eigenvalue weighted by atomic mass is 32.2. The van der Waals surface area contributed by atoms with Crippen LogP contribution in [0.1, 0.15) is 11.1 Å². The Labute approximate surface area is 202 Å². The van der Waals surface area contributed by atoms with Crippen molar-refractivity contribution in [1.82, 2.24) is 9.55 Å². The third-order valence-corrected chi connectivity index (χ3v) is 6.63. The van der Waals surface area contributed by atoms with Crippen molar-refractivity contribution in [2.75, 3.05) is 7.11 Å². The lowest BCUT2D eigenvalue weighted by molar-refractivity contribution is 0.414. The van der Waals surface area contributed by atoms with Crippen molar-refractivity contribution in [2.45, 2.75) is 23.3 Å². The Morgan fingerprint density at radius 1 is 1.11 bits per heavy atom. The summed E-state index contributed by atoms with van der Waals surface area (Å²) in [5.74, 6) is -0.210. The van der Waals surface area contributed by atoms with Gasteiger partial charge in [0.15, 0.2) is 11.3 Å². The van der Waals surface area contributed by atoms with Gasteiger partial charge in [0.05, 0.1) is 19.0 Å². The van der Waals surface area contributed by atoms with Gasteiger partial charge >= 0.3 is 5.63 Å². The van der Waals surface area contributed by atoms with Crippen LogP contribution >= 0.6 is 11.8 Å². The average Bonchev–Trinajstić information content (AvgIpc) is 2.85. The lowest BCUT2D eigenvalue weighted by Crippen LogP contribution is -2.23. The van der Waals surface area contributed by atoms with Crippen molar-refractivity contribution in [2.24, 2.45) is 0 Å². The molecule has 5 rings (SSSR count). The lowest BCUT2D eigenvalue weighted by Gasteiger charge is -2.14. The molecule has 3 aromatic heterocycles. The number of benzene rings is 2. The number of nitrogens with zero attached hydrogens (tertiary/aromatic N) is 2. The van der Waals surface area contributed by atoms with Crippen LogP contribution in [0.25, 0.3) is 22.0 Å². The quantitative estimate of drug-likeness (QED) is 0.352. The maximum atomic E-state index is 13.6. The first-order valence-corrected chi connectivity index (χ1v) is 11.4. The van der Waals surface area contributed by atoms with Crippen LogP contribution in [0.15, 0.2) is 84.6 Å². The van der Waals surface area contributed by atoms with E-state index in [1.807, 2.05) is 6.92 Å². The van der Waals surface area contributed by atoms with Crippen LogP contribution in [0.4, 0.5) is 4.39 Å². The molecule has 35 heavy (non-hydrogen) atoms. The summed E-state index contributed by atoms with van der Waals surface area (Å²) < 4.78 is 25.5. The molecule has 7 nitrogen and oxygen atoms in total. The zero-order chi connectivity index (χ0) is 24.7. The summed E-state index contributed by atoms with van der Waals surface area (Å²) in [5, 5.41) is 11.4. The van der Waals surface area contributed by atoms with Crippen LogP contribution in [0.3, 0.4) is 0 Å². The predicted octanol–water partition coefficient (Wildman–Crippen LogP) is 4.86. The molecule has 9 heteroatoms. The fourth-order valence-electron chi connectivity index (χ4n) is 3.84. The number of aryl methyl sites for hydroxylation is 1. The topological polar surface area (TPSA) is 94.6 Å². The molecule has 3 heterocycles. The zero-order valence-corrected chi connectivity index (χ0v) is 19.6. The molecule has 2 aromatic carbocycles. The molecule has 0 radical (unpaired) electrons. The minimum absolute atomic E-state index is 0.0295. The Kier molecular flexibility index (Phi) is 5.78. The largest absolute Gasteiger partial charge is 0.505 e. The molecule has 0 saturated heterocycles. The van der Waals surface area contributed by atoms with E-state index in [0.717, 1.165) is 17.3 Å². The molecule has 0 aliphatic heterocycles. The van der Waals surface area contributed by atoms with Gasteiger partial charge in [0.1, 0.15) is 27.5 Å². The van der Waals surface area contributed by atoms with Crippen LogP contribution in [0.2, 0.25) is 0 Å². The Hall–Kier alpha value is -4.11. The smallest absolute Gasteiger partial charge is 0.354 e. The van der Waals surface area contributed by atoms with Crippen molar-refractivity contribution in [3.8, 4) is 11.5 Å². The zero-order valence-electron chi connectivity index (χ0n) is 18.7. The van der Waals surface area contributed by atoms with Crippen molar-refractivity contribution >= 4 is 33.8 Å². The van der Waals surface area contributed by atoms with Gasteiger partial charge in [-0.15, -0.1) is 0 Å². The van der Waals surface area contributed by atoms with Crippen molar-refractivity contribution in [3.05, 3.63) is 98.5 Å². The van der Waals surface area contributed by atoms with E-state index in [1.165, 1.54) is 16.7 Å². The molecule has 1 N–H and O–H groups in total. The highest BCUT2D eigenvalue weighted by Gasteiger charge is 2.23. The van der Waals surface area contributed by atoms with Crippen molar-refractivity contribution < 1.29 is 18.7 Å². The van der Waals surface area contributed by atoms with Gasteiger partial charge in [0.2, 0.25) is 0 Å². The number of aromatic nitrogens is 2. The number of halogens is 1. The highest BCUT2D eigenvalue weighted by Crippen LogP contribution is 2.37. The number of hydrogen-bond donors (Lipinski definition) is 1. The number of hydrogen-bond acceptors (Lipinski definition) is 7. The normalized spacial score (nSPS) is 11.3. The summed E-state index contributed by atoms with van der Waals surface area (Å²) >= 11 is 0.986. The summed E-state index contributed by atoms with van der Waals surface area (Å²) in [6, 6.07) is 14.4. The Morgan fingerprint density at radius 2 is 1.83 bits per heavy atom. The summed E-state index contributed by atoms with van der Waals surface area (Å²) in [6.45, 7) is 1.90. The molecule has 0 spiro atoms. The summed E-state index contributed by atoms with van der Waals surface area (Å²) in [4.78, 5) is 31.5. The van der Waals surface area contributed by atoms with Gasteiger partial charge in [0, 0.05) is 11.1 Å². The van der Waals surface area contributed by atoms with Gasteiger partial charge in [-0.2, -0.15) is 0 Å². The molecule has 176 valence electrons. The van der Waals surface area contributed by atoms with Gasteiger partial charge in [-0.1, -0.05) is 23.9 Å². The van der Waals surface area contributed by atoms with Gasteiger partial charge in [-0.05, 0) is 60.5 Å². The van der Waals surface area contributed by atoms with E-state index in [-0.39, 0.29) is 28.1 Å². The number of ether oxygens (including phenoxy) is 1. The maximum absolute atomic E-state index is 13.6. The third-order valence-electron chi connectivity index (χ3n) is 5.56. The standard InChI is InChI=1S/C26H19FN2O5S/c1-14-11-19-22-20(21(30)23(26(32)34-22)35-18-9-7-17(33-2)8-10-18)25(31)29(24(19)28-12-14)13-15-3-5-16(27)6-4-15/h3-12,30H,13H2,1-2H3. The molecule has 0 atom stereocenters.